The first-order valence-electron chi connectivity index (χ1n) is 10.1. The van der Waals surface area contributed by atoms with Gasteiger partial charge in [0.1, 0.15) is 0 Å². The van der Waals surface area contributed by atoms with Gasteiger partial charge in [-0.1, -0.05) is 64.1 Å². The molecule has 1 aromatic heterocycles. The molecule has 0 saturated heterocycles. The molecular weight excluding hydrogens is 362 g/mol. The SMILES string of the molecule is CC(C)c1cccc(C(C)C)c1NC(=O)CNC(=O)Cc1c[nH]c2ccccc12. The Hall–Kier alpha value is -3.08. The largest absolute Gasteiger partial charge is 0.361 e. The van der Waals surface area contributed by atoms with Gasteiger partial charge < -0.3 is 15.6 Å². The number of aromatic amines is 1. The molecule has 0 aliphatic carbocycles. The summed E-state index contributed by atoms with van der Waals surface area (Å²) in [5.74, 6) is 0.194. The summed E-state index contributed by atoms with van der Waals surface area (Å²) in [7, 11) is 0. The Bertz CT molecular complexity index is 992. The van der Waals surface area contributed by atoms with Crippen LogP contribution in [-0.2, 0) is 16.0 Å². The Morgan fingerprint density at radius 2 is 1.55 bits per heavy atom. The van der Waals surface area contributed by atoms with Crippen molar-refractivity contribution in [1.29, 1.82) is 0 Å². The summed E-state index contributed by atoms with van der Waals surface area (Å²) in [4.78, 5) is 28.1. The van der Waals surface area contributed by atoms with Crippen molar-refractivity contribution in [2.75, 3.05) is 11.9 Å². The number of hydrogen-bond donors (Lipinski definition) is 3. The lowest BCUT2D eigenvalue weighted by Crippen LogP contribution is -2.34. The molecular formula is C24H29N3O2. The number of anilines is 1. The number of rotatable bonds is 7. The topological polar surface area (TPSA) is 74.0 Å². The third kappa shape index (κ3) is 4.86. The summed E-state index contributed by atoms with van der Waals surface area (Å²) in [6, 6.07) is 14.0. The van der Waals surface area contributed by atoms with Gasteiger partial charge in [-0.25, -0.2) is 0 Å². The van der Waals surface area contributed by atoms with Crippen LogP contribution in [0.2, 0.25) is 0 Å². The maximum atomic E-state index is 12.5. The van der Waals surface area contributed by atoms with Crippen LogP contribution in [0.3, 0.4) is 0 Å². The van der Waals surface area contributed by atoms with Crippen LogP contribution in [-0.4, -0.2) is 23.3 Å². The van der Waals surface area contributed by atoms with E-state index in [9.17, 15) is 9.59 Å². The van der Waals surface area contributed by atoms with E-state index in [4.69, 9.17) is 0 Å². The predicted octanol–water partition coefficient (Wildman–Crippen LogP) is 4.71. The second-order valence-electron chi connectivity index (χ2n) is 7.98. The first kappa shape index (κ1) is 20.6. The molecule has 2 aromatic carbocycles. The molecule has 0 saturated carbocycles. The predicted molar refractivity (Wildman–Crippen MR) is 118 cm³/mol. The monoisotopic (exact) mass is 391 g/mol. The number of amides is 2. The number of fused-ring (bicyclic) bond motifs is 1. The molecule has 5 heteroatoms. The molecule has 0 atom stereocenters. The molecule has 0 aliphatic rings. The second-order valence-corrected chi connectivity index (χ2v) is 7.98. The fraction of sp³-hybridized carbons (Fsp3) is 0.333. The zero-order valence-corrected chi connectivity index (χ0v) is 17.5. The number of hydrogen-bond acceptors (Lipinski definition) is 2. The van der Waals surface area contributed by atoms with Crippen molar-refractivity contribution in [3.8, 4) is 0 Å². The van der Waals surface area contributed by atoms with Crippen molar-refractivity contribution in [3.05, 3.63) is 65.4 Å². The lowest BCUT2D eigenvalue weighted by Gasteiger charge is -2.20. The van der Waals surface area contributed by atoms with Gasteiger partial charge in [-0.3, -0.25) is 9.59 Å². The summed E-state index contributed by atoms with van der Waals surface area (Å²) < 4.78 is 0. The molecule has 152 valence electrons. The highest BCUT2D eigenvalue weighted by molar-refractivity contribution is 5.97. The Morgan fingerprint density at radius 3 is 2.21 bits per heavy atom. The van der Waals surface area contributed by atoms with E-state index < -0.39 is 0 Å². The standard InChI is InChI=1S/C24H29N3O2/c1-15(2)18-9-7-10-19(16(3)4)24(18)27-23(29)14-26-22(28)12-17-13-25-21-11-6-5-8-20(17)21/h5-11,13,15-16,25H,12,14H2,1-4H3,(H,26,28)(H,27,29). The molecule has 0 aliphatic heterocycles. The average molecular weight is 392 g/mol. The van der Waals surface area contributed by atoms with Crippen LogP contribution < -0.4 is 10.6 Å². The number of H-pyrrole nitrogens is 1. The highest BCUT2D eigenvalue weighted by Gasteiger charge is 2.16. The summed E-state index contributed by atoms with van der Waals surface area (Å²) in [5.41, 5.74) is 5.00. The second kappa shape index (κ2) is 8.95. The van der Waals surface area contributed by atoms with Crippen LogP contribution in [0.25, 0.3) is 10.9 Å². The van der Waals surface area contributed by atoms with Gasteiger partial charge in [0.15, 0.2) is 0 Å². The van der Waals surface area contributed by atoms with Crippen molar-refractivity contribution < 1.29 is 9.59 Å². The molecule has 0 radical (unpaired) electrons. The number of para-hydroxylation sites is 2. The van der Waals surface area contributed by atoms with E-state index in [1.54, 1.807) is 0 Å². The highest BCUT2D eigenvalue weighted by Crippen LogP contribution is 2.32. The van der Waals surface area contributed by atoms with E-state index >= 15 is 0 Å². The maximum Gasteiger partial charge on any atom is 0.243 e. The average Bonchev–Trinajstić information content (AvgIpc) is 3.09. The fourth-order valence-corrected chi connectivity index (χ4v) is 3.57. The number of carbonyl (C=O) groups excluding carboxylic acids is 2. The van der Waals surface area contributed by atoms with Crippen molar-refractivity contribution in [1.82, 2.24) is 10.3 Å². The lowest BCUT2D eigenvalue weighted by molar-refractivity contribution is -0.123. The quantitative estimate of drug-likeness (QED) is 0.545. The molecule has 0 fully saturated rings. The van der Waals surface area contributed by atoms with E-state index in [1.807, 2.05) is 48.7 Å². The van der Waals surface area contributed by atoms with Crippen molar-refractivity contribution >= 4 is 28.4 Å². The van der Waals surface area contributed by atoms with Crippen LogP contribution >= 0.6 is 0 Å². The number of benzene rings is 2. The van der Waals surface area contributed by atoms with Gasteiger partial charge >= 0.3 is 0 Å². The molecule has 3 rings (SSSR count). The zero-order valence-electron chi connectivity index (χ0n) is 17.5. The number of aromatic nitrogens is 1. The highest BCUT2D eigenvalue weighted by atomic mass is 16.2. The van der Waals surface area contributed by atoms with Crippen molar-refractivity contribution in [2.24, 2.45) is 0 Å². The number of carbonyl (C=O) groups is 2. The molecule has 0 unspecified atom stereocenters. The van der Waals surface area contributed by atoms with Gasteiger partial charge in [-0.05, 0) is 34.6 Å². The first-order valence-corrected chi connectivity index (χ1v) is 10.1. The Balaban J connectivity index is 1.63. The van der Waals surface area contributed by atoms with Crippen LogP contribution in [0.5, 0.6) is 0 Å². The molecule has 3 N–H and O–H groups in total. The van der Waals surface area contributed by atoms with Gasteiger partial charge in [0.25, 0.3) is 0 Å². The molecule has 0 bridgehead atoms. The summed E-state index contributed by atoms with van der Waals surface area (Å²) in [6.45, 7) is 8.39. The van der Waals surface area contributed by atoms with Gasteiger partial charge in [0.05, 0.1) is 13.0 Å². The molecule has 0 spiro atoms. The third-order valence-electron chi connectivity index (χ3n) is 5.11. The minimum Gasteiger partial charge on any atom is -0.361 e. The van der Waals surface area contributed by atoms with Crippen molar-refractivity contribution in [3.63, 3.8) is 0 Å². The zero-order chi connectivity index (χ0) is 21.0. The van der Waals surface area contributed by atoms with E-state index in [0.29, 0.717) is 11.8 Å². The Labute approximate surface area is 171 Å². The van der Waals surface area contributed by atoms with E-state index in [2.05, 4.69) is 43.3 Å². The maximum absolute atomic E-state index is 12.5. The van der Waals surface area contributed by atoms with E-state index in [1.165, 1.54) is 0 Å². The normalized spacial score (nSPS) is 11.2. The Morgan fingerprint density at radius 1 is 0.897 bits per heavy atom. The summed E-state index contributed by atoms with van der Waals surface area (Å²) >= 11 is 0. The minimum absolute atomic E-state index is 0.0504. The van der Waals surface area contributed by atoms with Crippen LogP contribution in [0, 0.1) is 0 Å². The van der Waals surface area contributed by atoms with Gasteiger partial charge in [-0.2, -0.15) is 0 Å². The van der Waals surface area contributed by atoms with E-state index in [-0.39, 0.29) is 24.8 Å². The molecule has 2 amide bonds. The van der Waals surface area contributed by atoms with Crippen LogP contribution in [0.1, 0.15) is 56.2 Å². The number of nitrogens with one attached hydrogen (secondary N) is 3. The van der Waals surface area contributed by atoms with Crippen LogP contribution in [0.15, 0.2) is 48.7 Å². The molecule has 29 heavy (non-hydrogen) atoms. The Kier molecular flexibility index (Phi) is 6.37. The molecule has 1 heterocycles. The van der Waals surface area contributed by atoms with Crippen molar-refractivity contribution in [2.45, 2.75) is 46.0 Å². The minimum atomic E-state index is -0.215. The van der Waals surface area contributed by atoms with Gasteiger partial charge in [0, 0.05) is 22.8 Å². The van der Waals surface area contributed by atoms with E-state index in [0.717, 1.165) is 33.3 Å². The summed E-state index contributed by atoms with van der Waals surface area (Å²) in [5, 5.41) is 6.79. The first-order chi connectivity index (χ1) is 13.9. The van der Waals surface area contributed by atoms with Crippen LogP contribution in [0.4, 0.5) is 5.69 Å². The molecule has 3 aromatic rings. The fourth-order valence-electron chi connectivity index (χ4n) is 3.57. The van der Waals surface area contributed by atoms with Gasteiger partial charge in [0.2, 0.25) is 11.8 Å². The smallest absolute Gasteiger partial charge is 0.243 e. The van der Waals surface area contributed by atoms with Gasteiger partial charge in [-0.15, -0.1) is 0 Å². The third-order valence-corrected chi connectivity index (χ3v) is 5.11. The molecule has 5 nitrogen and oxygen atoms in total. The summed E-state index contributed by atoms with van der Waals surface area (Å²) in [6.07, 6.45) is 2.08. The lowest BCUT2D eigenvalue weighted by atomic mass is 9.92.